The standard InChI is InChI=1S/C27H46O/c1-17(2)7-6-8-18(3)21-11-12-22-20-10-9-19-15-24-25(28-24)16-27(19,5)23(20)13-14-26(21,22)4/h17-25H,6-16H2,1-5H3/t18-,19+,20?,21-,22?,23?,24+,25-,26-,27+/m1/s1. The van der Waals surface area contributed by atoms with Gasteiger partial charge in [-0.1, -0.05) is 53.9 Å². The van der Waals surface area contributed by atoms with Gasteiger partial charge in [0.25, 0.3) is 0 Å². The van der Waals surface area contributed by atoms with Crippen LogP contribution in [0, 0.1) is 52.3 Å². The third-order valence-electron chi connectivity index (χ3n) is 11.1. The molecule has 5 rings (SSSR count). The fourth-order valence-corrected chi connectivity index (χ4v) is 9.54. The molecule has 0 aromatic carbocycles. The predicted molar refractivity (Wildman–Crippen MR) is 117 cm³/mol. The summed E-state index contributed by atoms with van der Waals surface area (Å²) in [6.07, 6.45) is 17.6. The van der Waals surface area contributed by atoms with E-state index < -0.39 is 0 Å². The lowest BCUT2D eigenvalue weighted by atomic mass is 9.44. The summed E-state index contributed by atoms with van der Waals surface area (Å²) < 4.78 is 6.02. The Hall–Kier alpha value is -0.0400. The van der Waals surface area contributed by atoms with Crippen molar-refractivity contribution in [2.45, 2.75) is 117 Å². The van der Waals surface area contributed by atoms with Crippen molar-refractivity contribution in [2.75, 3.05) is 0 Å². The van der Waals surface area contributed by atoms with Crippen molar-refractivity contribution in [2.24, 2.45) is 52.3 Å². The molecule has 10 atom stereocenters. The number of hydrogen-bond acceptors (Lipinski definition) is 1. The highest BCUT2D eigenvalue weighted by Crippen LogP contribution is 2.69. The highest BCUT2D eigenvalue weighted by Gasteiger charge is 2.63. The Labute approximate surface area is 174 Å². The van der Waals surface area contributed by atoms with Crippen LogP contribution in [0.3, 0.4) is 0 Å². The summed E-state index contributed by atoms with van der Waals surface area (Å²) in [5, 5.41) is 0. The van der Waals surface area contributed by atoms with Gasteiger partial charge in [0.15, 0.2) is 0 Å². The lowest BCUT2D eigenvalue weighted by Crippen LogP contribution is -2.54. The van der Waals surface area contributed by atoms with Crippen LogP contribution in [0.25, 0.3) is 0 Å². The fraction of sp³-hybridized carbons (Fsp3) is 1.00. The van der Waals surface area contributed by atoms with Gasteiger partial charge >= 0.3 is 0 Å². The Balaban J connectivity index is 1.30. The van der Waals surface area contributed by atoms with Crippen LogP contribution in [0.5, 0.6) is 0 Å². The maximum absolute atomic E-state index is 6.02. The van der Waals surface area contributed by atoms with Gasteiger partial charge in [-0.15, -0.1) is 0 Å². The van der Waals surface area contributed by atoms with Gasteiger partial charge in [-0.3, -0.25) is 0 Å². The molecule has 0 aromatic heterocycles. The van der Waals surface area contributed by atoms with Gasteiger partial charge < -0.3 is 4.74 Å². The summed E-state index contributed by atoms with van der Waals surface area (Å²) in [6, 6.07) is 0. The van der Waals surface area contributed by atoms with Crippen LogP contribution in [-0.2, 0) is 4.74 Å². The van der Waals surface area contributed by atoms with Crippen LogP contribution in [0.15, 0.2) is 0 Å². The van der Waals surface area contributed by atoms with Crippen LogP contribution in [-0.4, -0.2) is 12.2 Å². The van der Waals surface area contributed by atoms with Gasteiger partial charge in [-0.05, 0) is 104 Å². The monoisotopic (exact) mass is 386 g/mol. The minimum Gasteiger partial charge on any atom is -0.370 e. The molecule has 5 aliphatic rings. The third-order valence-corrected chi connectivity index (χ3v) is 11.1. The summed E-state index contributed by atoms with van der Waals surface area (Å²) in [4.78, 5) is 0. The molecule has 160 valence electrons. The minimum absolute atomic E-state index is 0.600. The molecule has 5 fully saturated rings. The van der Waals surface area contributed by atoms with E-state index in [9.17, 15) is 0 Å². The number of fused-ring (bicyclic) bond motifs is 6. The average molecular weight is 387 g/mol. The zero-order valence-corrected chi connectivity index (χ0v) is 19.4. The van der Waals surface area contributed by atoms with Crippen molar-refractivity contribution in [1.29, 1.82) is 0 Å². The Bertz CT molecular complexity index is 583. The van der Waals surface area contributed by atoms with Gasteiger partial charge in [-0.2, -0.15) is 0 Å². The molecular formula is C27H46O. The van der Waals surface area contributed by atoms with E-state index >= 15 is 0 Å². The molecule has 0 bridgehead atoms. The minimum atomic E-state index is 0.600. The molecule has 4 saturated carbocycles. The molecule has 0 N–H and O–H groups in total. The van der Waals surface area contributed by atoms with Gasteiger partial charge in [0.05, 0.1) is 12.2 Å². The van der Waals surface area contributed by atoms with Crippen molar-refractivity contribution in [3.63, 3.8) is 0 Å². The van der Waals surface area contributed by atoms with Gasteiger partial charge in [0.2, 0.25) is 0 Å². The molecule has 0 amide bonds. The SMILES string of the molecule is CC(C)CCC[C@@H](C)[C@H]1CCC2C3CC[C@H]4C[C@@H]5O[C@@H]5C[C@]4(C)C3CC[C@@]21C. The molecular weight excluding hydrogens is 340 g/mol. The van der Waals surface area contributed by atoms with Crippen molar-refractivity contribution in [1.82, 2.24) is 0 Å². The first kappa shape index (κ1) is 19.9. The van der Waals surface area contributed by atoms with Crippen molar-refractivity contribution < 1.29 is 4.74 Å². The summed E-state index contributed by atoms with van der Waals surface area (Å²) >= 11 is 0. The van der Waals surface area contributed by atoms with Crippen LogP contribution < -0.4 is 0 Å². The first-order chi connectivity index (χ1) is 13.3. The number of ether oxygens (including phenoxy) is 1. The number of epoxide rings is 1. The smallest absolute Gasteiger partial charge is 0.0847 e. The lowest BCUT2D eigenvalue weighted by Gasteiger charge is -2.60. The van der Waals surface area contributed by atoms with Gasteiger partial charge in [0.1, 0.15) is 0 Å². The molecule has 4 aliphatic carbocycles. The van der Waals surface area contributed by atoms with Crippen LogP contribution in [0.4, 0.5) is 0 Å². The predicted octanol–water partition coefficient (Wildman–Crippen LogP) is 7.49. The van der Waals surface area contributed by atoms with Crippen LogP contribution in [0.1, 0.15) is 105 Å². The second-order valence-electron chi connectivity index (χ2n) is 12.8. The van der Waals surface area contributed by atoms with E-state index in [0.29, 0.717) is 23.0 Å². The molecule has 28 heavy (non-hydrogen) atoms. The van der Waals surface area contributed by atoms with Gasteiger partial charge in [-0.25, -0.2) is 0 Å². The van der Waals surface area contributed by atoms with E-state index in [1.807, 2.05) is 0 Å². The molecule has 1 nitrogen and oxygen atoms in total. The molecule has 0 radical (unpaired) electrons. The third kappa shape index (κ3) is 3.04. The first-order valence-electron chi connectivity index (χ1n) is 13.0. The van der Waals surface area contributed by atoms with E-state index in [4.69, 9.17) is 4.74 Å². The zero-order valence-electron chi connectivity index (χ0n) is 19.4. The van der Waals surface area contributed by atoms with Crippen molar-refractivity contribution in [3.8, 4) is 0 Å². The van der Waals surface area contributed by atoms with Crippen molar-refractivity contribution >= 4 is 0 Å². The highest BCUT2D eigenvalue weighted by atomic mass is 16.6. The summed E-state index contributed by atoms with van der Waals surface area (Å²) in [5.41, 5.74) is 1.25. The van der Waals surface area contributed by atoms with E-state index in [2.05, 4.69) is 34.6 Å². The van der Waals surface area contributed by atoms with Crippen molar-refractivity contribution in [3.05, 3.63) is 0 Å². The molecule has 0 spiro atoms. The van der Waals surface area contributed by atoms with E-state index in [-0.39, 0.29) is 0 Å². The molecule has 1 heteroatoms. The van der Waals surface area contributed by atoms with E-state index in [1.54, 1.807) is 6.42 Å². The Morgan fingerprint density at radius 1 is 0.857 bits per heavy atom. The molecule has 1 heterocycles. The Kier molecular flexibility index (Phi) is 4.97. The lowest BCUT2D eigenvalue weighted by molar-refractivity contribution is -0.110. The topological polar surface area (TPSA) is 12.5 Å². The molecule has 3 unspecified atom stereocenters. The normalized spacial score (nSPS) is 53.1. The second-order valence-corrected chi connectivity index (χ2v) is 12.8. The Morgan fingerprint density at radius 3 is 2.43 bits per heavy atom. The summed E-state index contributed by atoms with van der Waals surface area (Å²) in [5.74, 6) is 6.84. The van der Waals surface area contributed by atoms with Crippen LogP contribution in [0.2, 0.25) is 0 Å². The first-order valence-corrected chi connectivity index (χ1v) is 13.0. The zero-order chi connectivity index (χ0) is 19.7. The maximum Gasteiger partial charge on any atom is 0.0847 e. The van der Waals surface area contributed by atoms with E-state index in [0.717, 1.165) is 41.4 Å². The molecule has 1 saturated heterocycles. The largest absolute Gasteiger partial charge is 0.370 e. The summed E-state index contributed by atoms with van der Waals surface area (Å²) in [6.45, 7) is 12.8. The summed E-state index contributed by atoms with van der Waals surface area (Å²) in [7, 11) is 0. The molecule has 0 aromatic rings. The fourth-order valence-electron chi connectivity index (χ4n) is 9.54. The number of rotatable bonds is 5. The second kappa shape index (κ2) is 7.00. The maximum atomic E-state index is 6.02. The average Bonchev–Trinajstić information content (AvgIpc) is 3.27. The highest BCUT2D eigenvalue weighted by molar-refractivity contribution is 5.12. The van der Waals surface area contributed by atoms with Gasteiger partial charge in [0, 0.05) is 0 Å². The molecule has 1 aliphatic heterocycles. The quantitative estimate of drug-likeness (QED) is 0.446. The number of hydrogen-bond donors (Lipinski definition) is 0. The van der Waals surface area contributed by atoms with E-state index in [1.165, 1.54) is 64.2 Å². The van der Waals surface area contributed by atoms with Crippen LogP contribution >= 0.6 is 0 Å². The Morgan fingerprint density at radius 2 is 1.64 bits per heavy atom.